The van der Waals surface area contributed by atoms with Crippen molar-refractivity contribution in [3.05, 3.63) is 96.6 Å². The Morgan fingerprint density at radius 2 is 1.00 bits per heavy atom. The largest absolute Gasteiger partial charge is 0.205 e. The number of rotatable bonds is 8. The zero-order valence-electron chi connectivity index (χ0n) is 14.2. The number of aryl methyl sites for hydroxylation is 4. The van der Waals surface area contributed by atoms with E-state index in [-0.39, 0.29) is 0 Å². The van der Waals surface area contributed by atoms with Gasteiger partial charge in [-0.15, -0.1) is 0 Å². The van der Waals surface area contributed by atoms with Crippen LogP contribution >= 0.6 is 0 Å². The minimum absolute atomic E-state index is 1.08. The van der Waals surface area contributed by atoms with Gasteiger partial charge in [-0.3, -0.25) is 0 Å². The number of nitrogens with zero attached hydrogens (tertiary/aromatic N) is 2. The van der Waals surface area contributed by atoms with Crippen molar-refractivity contribution in [1.82, 2.24) is 0 Å². The van der Waals surface area contributed by atoms with E-state index in [2.05, 4.69) is 94.6 Å². The summed E-state index contributed by atoms with van der Waals surface area (Å²) in [4.78, 5) is 0. The average Bonchev–Trinajstić information content (AvgIpc) is 2.64. The maximum atomic E-state index is 2.38. The highest BCUT2D eigenvalue weighted by Crippen LogP contribution is 2.10. The second kappa shape index (κ2) is 8.97. The standard InChI is InChI=1S/C22H26N2/c1-3-14-23(15-4-1)18-8-12-21-10-7-11-22(20-21)13-9-19-24-16-5-2-6-17-24/h1-7,10-11,14-17,20H,8-9,12-13,18-19H2/q+2. The first-order chi connectivity index (χ1) is 11.9. The molecule has 2 heteroatoms. The van der Waals surface area contributed by atoms with Gasteiger partial charge in [0.1, 0.15) is 13.1 Å². The molecule has 24 heavy (non-hydrogen) atoms. The molecule has 122 valence electrons. The minimum Gasteiger partial charge on any atom is -0.205 e. The SMILES string of the molecule is c1cc[n+](CCCc2cccc(CCC[n+]3ccccc3)c2)cc1. The molecule has 2 heterocycles. The highest BCUT2D eigenvalue weighted by Gasteiger charge is 2.02. The van der Waals surface area contributed by atoms with Crippen molar-refractivity contribution >= 4 is 0 Å². The molecule has 0 spiro atoms. The third kappa shape index (κ3) is 5.31. The van der Waals surface area contributed by atoms with Crippen molar-refractivity contribution in [3.63, 3.8) is 0 Å². The van der Waals surface area contributed by atoms with Crippen molar-refractivity contribution in [2.24, 2.45) is 0 Å². The van der Waals surface area contributed by atoms with Crippen LogP contribution in [0.15, 0.2) is 85.5 Å². The average molecular weight is 318 g/mol. The van der Waals surface area contributed by atoms with Crippen molar-refractivity contribution in [3.8, 4) is 0 Å². The van der Waals surface area contributed by atoms with Gasteiger partial charge in [0.2, 0.25) is 0 Å². The molecule has 3 aromatic rings. The van der Waals surface area contributed by atoms with E-state index in [1.54, 1.807) is 0 Å². The van der Waals surface area contributed by atoms with Gasteiger partial charge in [-0.1, -0.05) is 36.4 Å². The third-order valence-corrected chi connectivity index (χ3v) is 4.31. The number of hydrogen-bond acceptors (Lipinski definition) is 0. The lowest BCUT2D eigenvalue weighted by Crippen LogP contribution is -2.32. The summed E-state index contributed by atoms with van der Waals surface area (Å²) < 4.78 is 4.50. The molecular formula is C22H26N2+2. The molecule has 3 rings (SSSR count). The Kier molecular flexibility index (Phi) is 6.12. The van der Waals surface area contributed by atoms with Gasteiger partial charge in [-0.2, -0.15) is 0 Å². The van der Waals surface area contributed by atoms with E-state index < -0.39 is 0 Å². The van der Waals surface area contributed by atoms with E-state index in [0.717, 1.165) is 25.9 Å². The summed E-state index contributed by atoms with van der Waals surface area (Å²) in [5, 5.41) is 0. The maximum Gasteiger partial charge on any atom is 0.168 e. The molecule has 0 aliphatic heterocycles. The highest BCUT2D eigenvalue weighted by molar-refractivity contribution is 5.23. The molecule has 0 aliphatic carbocycles. The first-order valence-corrected chi connectivity index (χ1v) is 8.86. The predicted octanol–water partition coefficient (Wildman–Crippen LogP) is 3.53. The fourth-order valence-electron chi connectivity index (χ4n) is 3.04. The van der Waals surface area contributed by atoms with Crippen molar-refractivity contribution in [1.29, 1.82) is 0 Å². The fraction of sp³-hybridized carbons (Fsp3) is 0.273. The van der Waals surface area contributed by atoms with Crippen LogP contribution in [-0.4, -0.2) is 0 Å². The Hall–Kier alpha value is -2.48. The number of aromatic nitrogens is 2. The molecule has 2 aromatic heterocycles. The summed E-state index contributed by atoms with van der Waals surface area (Å²) in [6, 6.07) is 21.6. The quantitative estimate of drug-likeness (QED) is 0.561. The molecule has 0 unspecified atom stereocenters. The molecule has 0 atom stereocenters. The van der Waals surface area contributed by atoms with Gasteiger partial charge in [0, 0.05) is 37.1 Å². The first kappa shape index (κ1) is 16.4. The number of benzene rings is 1. The summed E-state index contributed by atoms with van der Waals surface area (Å²) in [6.07, 6.45) is 13.2. The van der Waals surface area contributed by atoms with Gasteiger partial charge in [0.05, 0.1) is 0 Å². The summed E-state index contributed by atoms with van der Waals surface area (Å²) in [7, 11) is 0. The van der Waals surface area contributed by atoms with Crippen LogP contribution in [0.25, 0.3) is 0 Å². The van der Waals surface area contributed by atoms with Crippen molar-refractivity contribution in [2.45, 2.75) is 38.8 Å². The molecule has 1 aromatic carbocycles. The zero-order chi connectivity index (χ0) is 16.5. The van der Waals surface area contributed by atoms with Gasteiger partial charge in [0.25, 0.3) is 0 Å². The zero-order valence-corrected chi connectivity index (χ0v) is 14.2. The highest BCUT2D eigenvalue weighted by atomic mass is 14.9. The van der Waals surface area contributed by atoms with Gasteiger partial charge in [-0.05, 0) is 24.0 Å². The second-order valence-corrected chi connectivity index (χ2v) is 6.25. The van der Waals surface area contributed by atoms with Gasteiger partial charge in [0.15, 0.2) is 24.8 Å². The summed E-state index contributed by atoms with van der Waals surface area (Å²) in [6.45, 7) is 2.16. The van der Waals surface area contributed by atoms with Crippen molar-refractivity contribution in [2.75, 3.05) is 0 Å². The third-order valence-electron chi connectivity index (χ3n) is 4.31. The van der Waals surface area contributed by atoms with Gasteiger partial charge >= 0.3 is 0 Å². The summed E-state index contributed by atoms with van der Waals surface area (Å²) in [5.41, 5.74) is 2.91. The molecule has 0 fully saturated rings. The van der Waals surface area contributed by atoms with Crippen LogP contribution in [-0.2, 0) is 25.9 Å². The maximum absolute atomic E-state index is 2.38. The molecule has 0 aliphatic rings. The lowest BCUT2D eigenvalue weighted by Gasteiger charge is -2.04. The lowest BCUT2D eigenvalue weighted by atomic mass is 10.0. The molecule has 0 radical (unpaired) electrons. The van der Waals surface area contributed by atoms with Crippen LogP contribution in [0.4, 0.5) is 0 Å². The minimum atomic E-state index is 1.08. The Balaban J connectivity index is 1.45. The molecule has 0 amide bonds. The first-order valence-electron chi connectivity index (χ1n) is 8.86. The normalized spacial score (nSPS) is 10.7. The lowest BCUT2D eigenvalue weighted by molar-refractivity contribution is -0.697. The van der Waals surface area contributed by atoms with Crippen LogP contribution in [0.3, 0.4) is 0 Å². The number of hydrogen-bond donors (Lipinski definition) is 0. The van der Waals surface area contributed by atoms with Crippen LogP contribution in [0.2, 0.25) is 0 Å². The fourth-order valence-corrected chi connectivity index (χ4v) is 3.04. The Labute approximate surface area is 145 Å². The van der Waals surface area contributed by atoms with E-state index in [9.17, 15) is 0 Å². The van der Waals surface area contributed by atoms with Crippen LogP contribution in [0.1, 0.15) is 24.0 Å². The van der Waals surface area contributed by atoms with Crippen molar-refractivity contribution < 1.29 is 9.13 Å². The smallest absolute Gasteiger partial charge is 0.168 e. The van der Waals surface area contributed by atoms with Crippen LogP contribution in [0.5, 0.6) is 0 Å². The predicted molar refractivity (Wildman–Crippen MR) is 96.4 cm³/mol. The van der Waals surface area contributed by atoms with Crippen LogP contribution < -0.4 is 9.13 Å². The second-order valence-electron chi connectivity index (χ2n) is 6.25. The van der Waals surface area contributed by atoms with E-state index >= 15 is 0 Å². The summed E-state index contributed by atoms with van der Waals surface area (Å²) >= 11 is 0. The Morgan fingerprint density at radius 1 is 0.542 bits per heavy atom. The summed E-state index contributed by atoms with van der Waals surface area (Å²) in [5.74, 6) is 0. The number of pyridine rings is 2. The monoisotopic (exact) mass is 318 g/mol. The molecule has 2 nitrogen and oxygen atoms in total. The van der Waals surface area contributed by atoms with E-state index in [1.807, 2.05) is 0 Å². The Morgan fingerprint density at radius 3 is 1.46 bits per heavy atom. The van der Waals surface area contributed by atoms with E-state index in [1.165, 1.54) is 24.0 Å². The molecule has 0 saturated carbocycles. The van der Waals surface area contributed by atoms with Gasteiger partial charge < -0.3 is 0 Å². The van der Waals surface area contributed by atoms with E-state index in [0.29, 0.717) is 0 Å². The molecule has 0 N–H and O–H groups in total. The molecule has 0 bridgehead atoms. The van der Waals surface area contributed by atoms with Crippen LogP contribution in [0, 0.1) is 0 Å². The molecular weight excluding hydrogens is 292 g/mol. The van der Waals surface area contributed by atoms with E-state index in [4.69, 9.17) is 0 Å². The topological polar surface area (TPSA) is 7.76 Å². The Bertz CT molecular complexity index is 662. The van der Waals surface area contributed by atoms with Gasteiger partial charge in [-0.25, -0.2) is 9.13 Å². The molecule has 0 saturated heterocycles.